The van der Waals surface area contributed by atoms with Crippen LogP contribution in [0.15, 0.2) is 30.5 Å². The van der Waals surface area contributed by atoms with Gasteiger partial charge in [0.1, 0.15) is 11.5 Å². The molecule has 118 valence electrons. The fraction of sp³-hybridized carbons (Fsp3) is 0.286. The Morgan fingerprint density at radius 1 is 1.36 bits per heavy atom. The molecule has 0 atom stereocenters. The quantitative estimate of drug-likeness (QED) is 0.756. The molecule has 1 aromatic carbocycles. The van der Waals surface area contributed by atoms with Crippen LogP contribution in [0.5, 0.6) is 5.75 Å². The number of hydrogen-bond donors (Lipinski definition) is 2. The predicted octanol–water partition coefficient (Wildman–Crippen LogP) is 1.31. The number of aliphatic hydroxyl groups excluding tert-OH is 1. The molecular formula is C14H15F2N3O3. The van der Waals surface area contributed by atoms with Crippen molar-refractivity contribution in [2.45, 2.75) is 13.2 Å². The zero-order chi connectivity index (χ0) is 15.9. The molecule has 2 rings (SSSR count). The van der Waals surface area contributed by atoms with Gasteiger partial charge in [0.2, 0.25) is 0 Å². The summed E-state index contributed by atoms with van der Waals surface area (Å²) in [5, 5.41) is 15.2. The SMILES string of the molecule is O=C(NCCCO)c1ccn(COc2ccc(F)cc2F)n1. The molecule has 0 unspecified atom stereocenters. The summed E-state index contributed by atoms with van der Waals surface area (Å²) in [5.74, 6) is -1.98. The highest BCUT2D eigenvalue weighted by Crippen LogP contribution is 2.17. The average Bonchev–Trinajstić information content (AvgIpc) is 2.95. The Morgan fingerprint density at radius 2 is 2.18 bits per heavy atom. The van der Waals surface area contributed by atoms with Gasteiger partial charge in [-0.25, -0.2) is 13.5 Å². The normalized spacial score (nSPS) is 10.5. The summed E-state index contributed by atoms with van der Waals surface area (Å²) < 4.78 is 32.6. The molecule has 0 saturated carbocycles. The minimum Gasteiger partial charge on any atom is -0.468 e. The molecule has 0 fully saturated rings. The van der Waals surface area contributed by atoms with Crippen molar-refractivity contribution in [2.24, 2.45) is 0 Å². The Hall–Kier alpha value is -2.48. The van der Waals surface area contributed by atoms with Crippen LogP contribution in [0.2, 0.25) is 0 Å². The number of benzene rings is 1. The lowest BCUT2D eigenvalue weighted by Crippen LogP contribution is -2.25. The highest BCUT2D eigenvalue weighted by Gasteiger charge is 2.10. The van der Waals surface area contributed by atoms with E-state index in [2.05, 4.69) is 10.4 Å². The first kappa shape index (κ1) is 15.9. The highest BCUT2D eigenvalue weighted by atomic mass is 19.1. The largest absolute Gasteiger partial charge is 0.468 e. The third-order valence-electron chi connectivity index (χ3n) is 2.74. The van der Waals surface area contributed by atoms with E-state index in [1.807, 2.05) is 0 Å². The number of carbonyl (C=O) groups is 1. The first-order chi connectivity index (χ1) is 10.6. The Balaban J connectivity index is 1.90. The molecule has 2 N–H and O–H groups in total. The van der Waals surface area contributed by atoms with E-state index in [0.29, 0.717) is 13.0 Å². The molecule has 0 bridgehead atoms. The average molecular weight is 311 g/mol. The van der Waals surface area contributed by atoms with E-state index < -0.39 is 11.6 Å². The van der Waals surface area contributed by atoms with Crippen molar-refractivity contribution in [2.75, 3.05) is 13.2 Å². The van der Waals surface area contributed by atoms with E-state index in [-0.39, 0.29) is 30.7 Å². The van der Waals surface area contributed by atoms with Gasteiger partial charge >= 0.3 is 0 Å². The molecule has 8 heteroatoms. The second-order valence-corrected chi connectivity index (χ2v) is 4.42. The highest BCUT2D eigenvalue weighted by molar-refractivity contribution is 5.92. The van der Waals surface area contributed by atoms with Gasteiger partial charge < -0.3 is 15.2 Å². The Kier molecular flexibility index (Phi) is 5.42. The maximum atomic E-state index is 13.4. The maximum Gasteiger partial charge on any atom is 0.271 e. The monoisotopic (exact) mass is 311 g/mol. The number of halogens is 2. The van der Waals surface area contributed by atoms with E-state index in [9.17, 15) is 13.6 Å². The minimum absolute atomic E-state index is 0.00814. The van der Waals surface area contributed by atoms with E-state index in [1.54, 1.807) is 0 Å². The van der Waals surface area contributed by atoms with Gasteiger partial charge in [0, 0.05) is 25.4 Å². The third kappa shape index (κ3) is 4.26. The molecule has 22 heavy (non-hydrogen) atoms. The summed E-state index contributed by atoms with van der Waals surface area (Å²) in [4.78, 5) is 11.7. The summed E-state index contributed by atoms with van der Waals surface area (Å²) >= 11 is 0. The van der Waals surface area contributed by atoms with Gasteiger partial charge in [0.15, 0.2) is 18.3 Å². The Labute approximate surface area is 125 Å². The molecule has 0 saturated heterocycles. The number of aromatic nitrogens is 2. The zero-order valence-corrected chi connectivity index (χ0v) is 11.6. The number of ether oxygens (including phenoxy) is 1. The number of hydrogen-bond acceptors (Lipinski definition) is 4. The zero-order valence-electron chi connectivity index (χ0n) is 11.6. The summed E-state index contributed by atoms with van der Waals surface area (Å²) in [6, 6.07) is 4.47. The van der Waals surface area contributed by atoms with Gasteiger partial charge in [-0.3, -0.25) is 4.79 Å². The van der Waals surface area contributed by atoms with E-state index in [4.69, 9.17) is 9.84 Å². The fourth-order valence-corrected chi connectivity index (χ4v) is 1.65. The molecular weight excluding hydrogens is 296 g/mol. The molecule has 0 spiro atoms. The van der Waals surface area contributed by atoms with Crippen molar-refractivity contribution in [1.82, 2.24) is 15.1 Å². The second-order valence-electron chi connectivity index (χ2n) is 4.42. The van der Waals surface area contributed by atoms with Crippen LogP contribution in [0.3, 0.4) is 0 Å². The lowest BCUT2D eigenvalue weighted by molar-refractivity contribution is 0.0944. The van der Waals surface area contributed by atoms with Gasteiger partial charge in [0.05, 0.1) is 0 Å². The first-order valence-electron chi connectivity index (χ1n) is 6.60. The van der Waals surface area contributed by atoms with Gasteiger partial charge in [-0.1, -0.05) is 0 Å². The van der Waals surface area contributed by atoms with Crippen LogP contribution >= 0.6 is 0 Å². The minimum atomic E-state index is -0.811. The van der Waals surface area contributed by atoms with Crippen LogP contribution in [-0.2, 0) is 6.73 Å². The van der Waals surface area contributed by atoms with Crippen LogP contribution in [0, 0.1) is 11.6 Å². The molecule has 1 heterocycles. The number of amides is 1. The van der Waals surface area contributed by atoms with Crippen molar-refractivity contribution in [3.8, 4) is 5.75 Å². The van der Waals surface area contributed by atoms with Gasteiger partial charge in [-0.2, -0.15) is 5.10 Å². The van der Waals surface area contributed by atoms with Crippen molar-refractivity contribution in [3.63, 3.8) is 0 Å². The topological polar surface area (TPSA) is 76.4 Å². The van der Waals surface area contributed by atoms with E-state index in [1.165, 1.54) is 23.0 Å². The van der Waals surface area contributed by atoms with Gasteiger partial charge in [-0.05, 0) is 24.6 Å². The number of carbonyl (C=O) groups excluding carboxylic acids is 1. The summed E-state index contributed by atoms with van der Waals surface area (Å²) in [7, 11) is 0. The van der Waals surface area contributed by atoms with Gasteiger partial charge in [0.25, 0.3) is 5.91 Å². The van der Waals surface area contributed by atoms with Crippen LogP contribution in [0.25, 0.3) is 0 Å². The lowest BCUT2D eigenvalue weighted by Gasteiger charge is -2.07. The standard InChI is InChI=1S/C14H15F2N3O3/c15-10-2-3-13(11(16)8-10)22-9-19-6-4-12(18-19)14(21)17-5-1-7-20/h2-4,6,8,20H,1,5,7,9H2,(H,17,21). The Morgan fingerprint density at radius 3 is 2.91 bits per heavy atom. The number of aliphatic hydroxyl groups is 1. The van der Waals surface area contributed by atoms with Crippen molar-refractivity contribution >= 4 is 5.91 Å². The Bertz CT molecular complexity index is 646. The summed E-state index contributed by atoms with van der Waals surface area (Å²) in [6.07, 6.45) is 1.96. The van der Waals surface area contributed by atoms with E-state index in [0.717, 1.165) is 12.1 Å². The predicted molar refractivity (Wildman–Crippen MR) is 73.2 cm³/mol. The molecule has 0 aliphatic rings. The molecule has 0 radical (unpaired) electrons. The van der Waals surface area contributed by atoms with Crippen LogP contribution in [-0.4, -0.2) is 33.9 Å². The molecule has 0 aliphatic carbocycles. The lowest BCUT2D eigenvalue weighted by atomic mass is 10.3. The first-order valence-corrected chi connectivity index (χ1v) is 6.60. The number of nitrogens with zero attached hydrogens (tertiary/aromatic N) is 2. The van der Waals surface area contributed by atoms with E-state index >= 15 is 0 Å². The molecule has 0 aliphatic heterocycles. The van der Waals surface area contributed by atoms with Crippen molar-refractivity contribution < 1.29 is 23.4 Å². The van der Waals surface area contributed by atoms with Crippen LogP contribution in [0.1, 0.15) is 16.9 Å². The second kappa shape index (κ2) is 7.51. The number of rotatable bonds is 7. The molecule has 2 aromatic rings. The fourth-order valence-electron chi connectivity index (χ4n) is 1.65. The molecule has 1 amide bonds. The third-order valence-corrected chi connectivity index (χ3v) is 2.74. The molecule has 1 aromatic heterocycles. The summed E-state index contributed by atoms with van der Waals surface area (Å²) in [6.45, 7) is 0.220. The van der Waals surface area contributed by atoms with Crippen molar-refractivity contribution in [3.05, 3.63) is 47.8 Å². The summed E-state index contributed by atoms with van der Waals surface area (Å²) in [5.41, 5.74) is 0.182. The van der Waals surface area contributed by atoms with Crippen molar-refractivity contribution in [1.29, 1.82) is 0 Å². The van der Waals surface area contributed by atoms with Crippen LogP contribution < -0.4 is 10.1 Å². The maximum absolute atomic E-state index is 13.4. The smallest absolute Gasteiger partial charge is 0.271 e. The van der Waals surface area contributed by atoms with Crippen LogP contribution in [0.4, 0.5) is 8.78 Å². The number of nitrogens with one attached hydrogen (secondary N) is 1. The van der Waals surface area contributed by atoms with Gasteiger partial charge in [-0.15, -0.1) is 0 Å². The molecule has 6 nitrogen and oxygen atoms in total.